The van der Waals surface area contributed by atoms with Crippen LogP contribution in [0.3, 0.4) is 0 Å². The highest BCUT2D eigenvalue weighted by atomic mass is 16.3. The molecule has 0 radical (unpaired) electrons. The van der Waals surface area contributed by atoms with E-state index in [9.17, 15) is 15.0 Å². The smallest absolute Gasteiger partial charge is 0.146 e. The van der Waals surface area contributed by atoms with Gasteiger partial charge in [0, 0.05) is 5.41 Å². The van der Waals surface area contributed by atoms with Crippen LogP contribution in [0.25, 0.3) is 0 Å². The van der Waals surface area contributed by atoms with E-state index in [4.69, 9.17) is 0 Å². The molecule has 74 valence electrons. The van der Waals surface area contributed by atoms with E-state index in [-0.39, 0.29) is 0 Å². The van der Waals surface area contributed by atoms with E-state index >= 15 is 0 Å². The van der Waals surface area contributed by atoms with Crippen LogP contribution in [0.1, 0.15) is 27.2 Å². The fraction of sp³-hybridized carbons (Fsp3) is 0.700. The molecule has 0 aromatic carbocycles. The van der Waals surface area contributed by atoms with Crippen LogP contribution in [-0.4, -0.2) is 28.7 Å². The third kappa shape index (κ3) is 1.54. The van der Waals surface area contributed by atoms with Crippen molar-refractivity contribution >= 4 is 6.29 Å². The molecule has 0 unspecified atom stereocenters. The Morgan fingerprint density at radius 2 is 2.00 bits per heavy atom. The summed E-state index contributed by atoms with van der Waals surface area (Å²) in [4.78, 5) is 10.8. The Morgan fingerprint density at radius 3 is 2.46 bits per heavy atom. The molecule has 0 saturated heterocycles. The van der Waals surface area contributed by atoms with Gasteiger partial charge >= 0.3 is 0 Å². The van der Waals surface area contributed by atoms with Crippen molar-refractivity contribution in [3.8, 4) is 0 Å². The molecule has 0 saturated carbocycles. The van der Waals surface area contributed by atoms with Gasteiger partial charge in [0.1, 0.15) is 6.29 Å². The molecule has 0 heterocycles. The Morgan fingerprint density at radius 1 is 1.46 bits per heavy atom. The number of aliphatic hydroxyl groups excluding tert-OH is 2. The van der Waals surface area contributed by atoms with Gasteiger partial charge in [-0.15, -0.1) is 0 Å². The summed E-state index contributed by atoms with van der Waals surface area (Å²) in [6.07, 6.45) is -0.432. The SMILES string of the molecule is CC1=C(C=O)C(C)(C)[C@@H](O)[C@H](O)C1. The number of rotatable bonds is 1. The van der Waals surface area contributed by atoms with E-state index in [0.717, 1.165) is 11.9 Å². The van der Waals surface area contributed by atoms with Gasteiger partial charge in [0.25, 0.3) is 0 Å². The molecule has 2 atom stereocenters. The summed E-state index contributed by atoms with van der Waals surface area (Å²) in [6, 6.07) is 0. The Bertz CT molecular complexity index is 253. The van der Waals surface area contributed by atoms with Crippen molar-refractivity contribution in [1.82, 2.24) is 0 Å². The van der Waals surface area contributed by atoms with Gasteiger partial charge in [0.05, 0.1) is 12.2 Å². The van der Waals surface area contributed by atoms with Gasteiger partial charge in [-0.25, -0.2) is 0 Å². The summed E-state index contributed by atoms with van der Waals surface area (Å²) in [5.41, 5.74) is 0.854. The second-order valence-electron chi connectivity index (χ2n) is 4.25. The van der Waals surface area contributed by atoms with E-state index in [1.165, 1.54) is 0 Å². The first-order valence-corrected chi connectivity index (χ1v) is 4.42. The third-order valence-corrected chi connectivity index (χ3v) is 2.89. The van der Waals surface area contributed by atoms with E-state index in [2.05, 4.69) is 0 Å². The molecule has 0 aromatic heterocycles. The Balaban J connectivity index is 3.15. The number of carbonyl (C=O) groups excluding carboxylic acids is 1. The van der Waals surface area contributed by atoms with Gasteiger partial charge in [-0.2, -0.15) is 0 Å². The zero-order chi connectivity index (χ0) is 10.2. The lowest BCUT2D eigenvalue weighted by Gasteiger charge is -2.39. The molecule has 0 amide bonds. The molecule has 1 rings (SSSR count). The Kier molecular flexibility index (Phi) is 2.59. The predicted molar refractivity (Wildman–Crippen MR) is 49.2 cm³/mol. The van der Waals surface area contributed by atoms with Crippen molar-refractivity contribution in [2.75, 3.05) is 0 Å². The topological polar surface area (TPSA) is 57.5 Å². The summed E-state index contributed by atoms with van der Waals surface area (Å²) in [5, 5.41) is 19.2. The van der Waals surface area contributed by atoms with Crippen LogP contribution in [0.4, 0.5) is 0 Å². The highest BCUT2D eigenvalue weighted by Gasteiger charge is 2.41. The minimum absolute atomic E-state index is 0.388. The van der Waals surface area contributed by atoms with Crippen molar-refractivity contribution in [3.05, 3.63) is 11.1 Å². The molecule has 0 aromatic rings. The average Bonchev–Trinajstić information content (AvgIpc) is 2.01. The molecule has 0 bridgehead atoms. The van der Waals surface area contributed by atoms with Gasteiger partial charge in [0.2, 0.25) is 0 Å². The van der Waals surface area contributed by atoms with E-state index < -0.39 is 17.6 Å². The van der Waals surface area contributed by atoms with Crippen LogP contribution in [-0.2, 0) is 4.79 Å². The first-order chi connectivity index (χ1) is 5.91. The van der Waals surface area contributed by atoms with Gasteiger partial charge in [-0.05, 0) is 18.9 Å². The zero-order valence-corrected chi connectivity index (χ0v) is 8.24. The second-order valence-corrected chi connectivity index (χ2v) is 4.25. The number of aliphatic hydroxyl groups is 2. The number of aldehydes is 1. The lowest BCUT2D eigenvalue weighted by atomic mass is 9.70. The molecule has 0 aliphatic heterocycles. The van der Waals surface area contributed by atoms with Crippen LogP contribution in [0.5, 0.6) is 0 Å². The number of hydrogen-bond donors (Lipinski definition) is 2. The average molecular weight is 184 g/mol. The van der Waals surface area contributed by atoms with Crippen LogP contribution >= 0.6 is 0 Å². The third-order valence-electron chi connectivity index (χ3n) is 2.89. The Labute approximate surface area is 78.1 Å². The largest absolute Gasteiger partial charge is 0.390 e. The monoisotopic (exact) mass is 184 g/mol. The maximum Gasteiger partial charge on any atom is 0.146 e. The molecule has 1 aliphatic rings. The molecule has 2 N–H and O–H groups in total. The summed E-state index contributed by atoms with van der Waals surface area (Å²) >= 11 is 0. The van der Waals surface area contributed by atoms with E-state index in [1.807, 2.05) is 6.92 Å². The molecule has 0 fully saturated rings. The van der Waals surface area contributed by atoms with Gasteiger partial charge in [-0.1, -0.05) is 19.4 Å². The molecule has 0 spiro atoms. The van der Waals surface area contributed by atoms with Gasteiger partial charge in [-0.3, -0.25) is 4.79 Å². The molecular formula is C10H16O3. The van der Waals surface area contributed by atoms with Crippen molar-refractivity contribution in [3.63, 3.8) is 0 Å². The normalized spacial score (nSPS) is 33.3. The lowest BCUT2D eigenvalue weighted by Crippen LogP contribution is -2.45. The highest BCUT2D eigenvalue weighted by Crippen LogP contribution is 2.39. The summed E-state index contributed by atoms with van der Waals surface area (Å²) in [5.74, 6) is 0. The molecule has 1 aliphatic carbocycles. The van der Waals surface area contributed by atoms with Crippen molar-refractivity contribution in [1.29, 1.82) is 0 Å². The van der Waals surface area contributed by atoms with Crippen LogP contribution in [0, 0.1) is 5.41 Å². The number of hydrogen-bond acceptors (Lipinski definition) is 3. The molecular weight excluding hydrogens is 168 g/mol. The van der Waals surface area contributed by atoms with Gasteiger partial charge in [0.15, 0.2) is 0 Å². The van der Waals surface area contributed by atoms with Crippen LogP contribution in [0.15, 0.2) is 11.1 Å². The molecule has 3 nitrogen and oxygen atoms in total. The summed E-state index contributed by atoms with van der Waals surface area (Å²) in [7, 11) is 0. The maximum absolute atomic E-state index is 10.8. The minimum Gasteiger partial charge on any atom is -0.390 e. The molecule has 3 heteroatoms. The predicted octanol–water partition coefficient (Wildman–Crippen LogP) is 0.653. The van der Waals surface area contributed by atoms with E-state index in [0.29, 0.717) is 12.0 Å². The standard InChI is InChI=1S/C10H16O3/c1-6-4-8(12)9(13)10(2,3)7(6)5-11/h5,8-9,12-13H,4H2,1-3H3/t8-,9+/m1/s1. The maximum atomic E-state index is 10.8. The number of carbonyl (C=O) groups is 1. The summed E-state index contributed by atoms with van der Waals surface area (Å²) < 4.78 is 0. The fourth-order valence-electron chi connectivity index (χ4n) is 1.98. The van der Waals surface area contributed by atoms with Crippen molar-refractivity contribution in [2.45, 2.75) is 39.4 Å². The van der Waals surface area contributed by atoms with E-state index in [1.54, 1.807) is 13.8 Å². The summed E-state index contributed by atoms with van der Waals surface area (Å²) in [6.45, 7) is 5.36. The van der Waals surface area contributed by atoms with Crippen LogP contribution < -0.4 is 0 Å². The second kappa shape index (κ2) is 3.24. The fourth-order valence-corrected chi connectivity index (χ4v) is 1.98. The van der Waals surface area contributed by atoms with Crippen molar-refractivity contribution < 1.29 is 15.0 Å². The van der Waals surface area contributed by atoms with Crippen molar-refractivity contribution in [2.24, 2.45) is 5.41 Å². The molecule has 13 heavy (non-hydrogen) atoms. The zero-order valence-electron chi connectivity index (χ0n) is 8.24. The lowest BCUT2D eigenvalue weighted by molar-refractivity contribution is -0.108. The van der Waals surface area contributed by atoms with Gasteiger partial charge < -0.3 is 10.2 Å². The Hall–Kier alpha value is -0.670. The van der Waals surface area contributed by atoms with Crippen LogP contribution in [0.2, 0.25) is 0 Å². The quantitative estimate of drug-likeness (QED) is 0.588. The minimum atomic E-state index is -0.851. The highest BCUT2D eigenvalue weighted by molar-refractivity contribution is 5.77. The first kappa shape index (κ1) is 10.4. The first-order valence-electron chi connectivity index (χ1n) is 4.42.